The molecule has 2 fully saturated rings. The maximum absolute atomic E-state index is 12.2. The number of nitrogens with one attached hydrogen (secondary N) is 1. The van der Waals surface area contributed by atoms with Crippen molar-refractivity contribution >= 4 is 5.91 Å². The van der Waals surface area contributed by atoms with Crippen molar-refractivity contribution in [3.8, 4) is 0 Å². The Balaban J connectivity index is 1.46. The highest BCUT2D eigenvalue weighted by atomic mass is 16.6. The number of piperidine rings is 1. The number of carbonyl (C=O) groups is 1. The number of rotatable bonds is 5. The van der Waals surface area contributed by atoms with Crippen LogP contribution in [0.25, 0.3) is 0 Å². The molecule has 1 atom stereocenters. The first kappa shape index (κ1) is 16.4. The van der Waals surface area contributed by atoms with E-state index < -0.39 is 0 Å². The monoisotopic (exact) mass is 318 g/mol. The molecule has 1 N–H and O–H groups in total. The van der Waals surface area contributed by atoms with Crippen LogP contribution in [0.15, 0.2) is 24.3 Å². The van der Waals surface area contributed by atoms with Gasteiger partial charge in [-0.1, -0.05) is 18.6 Å². The molecule has 2 heterocycles. The maximum Gasteiger partial charge on any atom is 0.251 e. The quantitative estimate of drug-likeness (QED) is 0.900. The maximum atomic E-state index is 12.2. The Morgan fingerprint density at radius 1 is 1.13 bits per heavy atom. The van der Waals surface area contributed by atoms with Crippen LogP contribution in [0.2, 0.25) is 0 Å². The van der Waals surface area contributed by atoms with Crippen molar-refractivity contribution in [1.82, 2.24) is 10.2 Å². The molecule has 1 amide bonds. The fourth-order valence-corrected chi connectivity index (χ4v) is 3.10. The fraction of sp³-hybridized carbons (Fsp3) is 0.611. The van der Waals surface area contributed by atoms with E-state index in [9.17, 15) is 4.79 Å². The van der Waals surface area contributed by atoms with E-state index in [1.807, 2.05) is 12.1 Å². The Bertz CT molecular complexity index is 491. The molecule has 23 heavy (non-hydrogen) atoms. The predicted molar refractivity (Wildman–Crippen MR) is 88.5 cm³/mol. The van der Waals surface area contributed by atoms with Gasteiger partial charge in [0.15, 0.2) is 0 Å². The lowest BCUT2D eigenvalue weighted by molar-refractivity contribution is -0.0855. The normalized spacial score (nSPS) is 22.7. The van der Waals surface area contributed by atoms with Crippen molar-refractivity contribution in [3.05, 3.63) is 35.4 Å². The van der Waals surface area contributed by atoms with Crippen LogP contribution in [-0.2, 0) is 16.0 Å². The average Bonchev–Trinajstić information content (AvgIpc) is 2.62. The van der Waals surface area contributed by atoms with Crippen molar-refractivity contribution in [1.29, 1.82) is 0 Å². The molecule has 1 aromatic rings. The summed E-state index contributed by atoms with van der Waals surface area (Å²) in [6, 6.07) is 7.94. The molecule has 1 unspecified atom stereocenters. The minimum absolute atomic E-state index is 0.0360. The van der Waals surface area contributed by atoms with Gasteiger partial charge in [-0.2, -0.15) is 0 Å². The first-order chi connectivity index (χ1) is 11.3. The number of hydrogen-bond donors (Lipinski definition) is 1. The molecule has 0 spiro atoms. The molecule has 5 heteroatoms. The summed E-state index contributed by atoms with van der Waals surface area (Å²) in [5.74, 6) is -0.0521. The zero-order chi connectivity index (χ0) is 15.9. The van der Waals surface area contributed by atoms with E-state index in [4.69, 9.17) is 9.47 Å². The highest BCUT2D eigenvalue weighted by Crippen LogP contribution is 2.13. The van der Waals surface area contributed by atoms with Crippen molar-refractivity contribution in [2.75, 3.05) is 39.5 Å². The second-order valence-corrected chi connectivity index (χ2v) is 6.31. The van der Waals surface area contributed by atoms with Crippen LogP contribution in [0, 0.1) is 0 Å². The number of benzene rings is 1. The fourth-order valence-electron chi connectivity index (χ4n) is 3.10. The van der Waals surface area contributed by atoms with Gasteiger partial charge in [0.05, 0.1) is 25.9 Å². The van der Waals surface area contributed by atoms with E-state index in [0.717, 1.165) is 6.54 Å². The Morgan fingerprint density at radius 2 is 1.91 bits per heavy atom. The largest absolute Gasteiger partial charge is 0.376 e. The third kappa shape index (κ3) is 5.03. The average molecular weight is 318 g/mol. The van der Waals surface area contributed by atoms with Crippen LogP contribution in [0.3, 0.4) is 0 Å². The van der Waals surface area contributed by atoms with Gasteiger partial charge in [-0.25, -0.2) is 0 Å². The molecule has 2 saturated heterocycles. The summed E-state index contributed by atoms with van der Waals surface area (Å²) >= 11 is 0. The molecule has 2 aliphatic rings. The first-order valence-corrected chi connectivity index (χ1v) is 8.60. The summed E-state index contributed by atoms with van der Waals surface area (Å²) in [5.41, 5.74) is 1.97. The van der Waals surface area contributed by atoms with Gasteiger partial charge in [0.25, 0.3) is 5.91 Å². The van der Waals surface area contributed by atoms with Gasteiger partial charge in [-0.3, -0.25) is 9.69 Å². The van der Waals surface area contributed by atoms with E-state index in [1.165, 1.54) is 37.9 Å². The van der Waals surface area contributed by atoms with Gasteiger partial charge in [-0.05, 0) is 43.6 Å². The van der Waals surface area contributed by atoms with E-state index in [0.29, 0.717) is 31.9 Å². The molecule has 1 aromatic carbocycles. The van der Waals surface area contributed by atoms with Crippen molar-refractivity contribution in [2.45, 2.75) is 31.9 Å². The minimum Gasteiger partial charge on any atom is -0.376 e. The summed E-state index contributed by atoms with van der Waals surface area (Å²) in [4.78, 5) is 14.7. The van der Waals surface area contributed by atoms with E-state index >= 15 is 0 Å². The number of ether oxygens (including phenoxy) is 2. The number of carbonyl (C=O) groups excluding carboxylic acids is 1. The zero-order valence-electron chi connectivity index (χ0n) is 13.6. The van der Waals surface area contributed by atoms with Crippen LogP contribution in [0.1, 0.15) is 35.2 Å². The number of likely N-dealkylation sites (tertiary alicyclic amines) is 1. The second kappa shape index (κ2) is 8.43. The molecule has 5 nitrogen and oxygen atoms in total. The van der Waals surface area contributed by atoms with Crippen LogP contribution in [-0.4, -0.2) is 56.4 Å². The summed E-state index contributed by atoms with van der Waals surface area (Å²) in [7, 11) is 0. The summed E-state index contributed by atoms with van der Waals surface area (Å²) < 4.78 is 10.8. The molecular weight excluding hydrogens is 292 g/mol. The lowest BCUT2D eigenvalue weighted by Gasteiger charge is -2.26. The molecule has 0 aromatic heterocycles. The third-order valence-electron chi connectivity index (χ3n) is 4.45. The lowest BCUT2D eigenvalue weighted by Crippen LogP contribution is -2.39. The van der Waals surface area contributed by atoms with E-state index in [2.05, 4.69) is 22.3 Å². The first-order valence-electron chi connectivity index (χ1n) is 8.60. The molecule has 3 rings (SSSR count). The van der Waals surface area contributed by atoms with Crippen molar-refractivity contribution in [2.24, 2.45) is 0 Å². The van der Waals surface area contributed by atoms with Gasteiger partial charge in [0.2, 0.25) is 0 Å². The van der Waals surface area contributed by atoms with Gasteiger partial charge < -0.3 is 14.8 Å². The number of amides is 1. The Hall–Kier alpha value is -1.43. The van der Waals surface area contributed by atoms with Crippen molar-refractivity contribution < 1.29 is 14.3 Å². The zero-order valence-corrected chi connectivity index (χ0v) is 13.6. The van der Waals surface area contributed by atoms with Crippen LogP contribution >= 0.6 is 0 Å². The van der Waals surface area contributed by atoms with Crippen molar-refractivity contribution in [3.63, 3.8) is 0 Å². The Labute approximate surface area is 137 Å². The summed E-state index contributed by atoms with van der Waals surface area (Å²) in [6.07, 6.45) is 3.91. The number of nitrogens with zero attached hydrogens (tertiary/aromatic N) is 1. The van der Waals surface area contributed by atoms with Crippen LogP contribution < -0.4 is 5.32 Å². The second-order valence-electron chi connectivity index (χ2n) is 6.31. The third-order valence-corrected chi connectivity index (χ3v) is 4.45. The molecule has 2 aliphatic heterocycles. The SMILES string of the molecule is O=C(NCC1COCCO1)c1ccc(CN2CCCCC2)cc1. The number of hydrogen-bond acceptors (Lipinski definition) is 4. The lowest BCUT2D eigenvalue weighted by atomic mass is 10.1. The van der Waals surface area contributed by atoms with Gasteiger partial charge in [0.1, 0.15) is 0 Å². The highest BCUT2D eigenvalue weighted by molar-refractivity contribution is 5.94. The molecule has 0 aliphatic carbocycles. The highest BCUT2D eigenvalue weighted by Gasteiger charge is 2.16. The summed E-state index contributed by atoms with van der Waals surface area (Å²) in [6.45, 7) is 5.64. The molecular formula is C18H26N2O3. The Kier molecular flexibility index (Phi) is 6.02. The smallest absolute Gasteiger partial charge is 0.251 e. The molecule has 0 saturated carbocycles. The summed E-state index contributed by atoms with van der Waals surface area (Å²) in [5, 5.41) is 2.92. The van der Waals surface area contributed by atoms with Gasteiger partial charge in [0, 0.05) is 18.7 Å². The van der Waals surface area contributed by atoms with Gasteiger partial charge in [-0.15, -0.1) is 0 Å². The van der Waals surface area contributed by atoms with Gasteiger partial charge >= 0.3 is 0 Å². The topological polar surface area (TPSA) is 50.8 Å². The molecule has 0 radical (unpaired) electrons. The van der Waals surface area contributed by atoms with Crippen LogP contribution in [0.4, 0.5) is 0 Å². The van der Waals surface area contributed by atoms with Crippen LogP contribution in [0.5, 0.6) is 0 Å². The Morgan fingerprint density at radius 3 is 2.61 bits per heavy atom. The molecule has 126 valence electrons. The van der Waals surface area contributed by atoms with E-state index in [-0.39, 0.29) is 12.0 Å². The minimum atomic E-state index is -0.0521. The predicted octanol–water partition coefficient (Wildman–Crippen LogP) is 1.82. The molecule has 0 bridgehead atoms. The van der Waals surface area contributed by atoms with E-state index in [1.54, 1.807) is 0 Å². The standard InChI is InChI=1S/C18H26N2O3/c21-18(19-12-17-14-22-10-11-23-17)16-6-4-15(5-7-16)13-20-8-2-1-3-9-20/h4-7,17H,1-3,8-14H2,(H,19,21).